The van der Waals surface area contributed by atoms with Gasteiger partial charge in [-0.1, -0.05) is 36.8 Å². The molecular weight excluding hydrogens is 519 g/mol. The molecule has 4 aromatic rings. The van der Waals surface area contributed by atoms with Gasteiger partial charge in [-0.05, 0) is 66.1 Å². The highest BCUT2D eigenvalue weighted by Crippen LogP contribution is 2.41. The van der Waals surface area contributed by atoms with Gasteiger partial charge in [0.2, 0.25) is 0 Å². The third-order valence-corrected chi connectivity index (χ3v) is 7.53. The first-order valence-electron chi connectivity index (χ1n) is 13.0. The molecule has 200 valence electrons. The molecule has 9 heteroatoms. The quantitative estimate of drug-likeness (QED) is 0.301. The van der Waals surface area contributed by atoms with Gasteiger partial charge in [-0.15, -0.1) is 0 Å². The molecule has 1 aliphatic carbocycles. The lowest BCUT2D eigenvalue weighted by molar-refractivity contribution is 0.0538. The fraction of sp³-hybridized carbons (Fsp3) is 0.267. The van der Waals surface area contributed by atoms with Crippen molar-refractivity contribution < 1.29 is 18.7 Å². The molecule has 39 heavy (non-hydrogen) atoms. The zero-order valence-corrected chi connectivity index (χ0v) is 22.1. The highest BCUT2D eigenvalue weighted by atomic mass is 35.5. The van der Waals surface area contributed by atoms with E-state index in [1.54, 1.807) is 11.1 Å². The van der Waals surface area contributed by atoms with Crippen LogP contribution in [0.3, 0.4) is 0 Å². The fourth-order valence-corrected chi connectivity index (χ4v) is 5.58. The predicted molar refractivity (Wildman–Crippen MR) is 147 cm³/mol. The van der Waals surface area contributed by atoms with Gasteiger partial charge in [0, 0.05) is 46.5 Å². The summed E-state index contributed by atoms with van der Waals surface area (Å²) in [5, 5.41) is 5.95. The van der Waals surface area contributed by atoms with Crippen LogP contribution in [0, 0.1) is 11.7 Å². The Morgan fingerprint density at radius 1 is 1.23 bits per heavy atom. The Morgan fingerprint density at radius 3 is 2.85 bits per heavy atom. The van der Waals surface area contributed by atoms with Crippen molar-refractivity contribution in [2.75, 3.05) is 13.2 Å². The molecule has 1 N–H and O–H groups in total. The number of carbonyl (C=O) groups excluding carboxylic acids is 1. The molecule has 1 amide bonds. The number of fused-ring (bicyclic) bond motifs is 3. The number of aromatic amines is 1. The van der Waals surface area contributed by atoms with Crippen LogP contribution in [0.4, 0.5) is 9.18 Å². The lowest BCUT2D eigenvalue weighted by atomic mass is 9.86. The van der Waals surface area contributed by atoms with E-state index in [4.69, 9.17) is 21.1 Å². The van der Waals surface area contributed by atoms with Crippen molar-refractivity contribution in [2.45, 2.75) is 32.0 Å². The molecule has 2 aromatic heterocycles. The van der Waals surface area contributed by atoms with Crippen molar-refractivity contribution >= 4 is 28.6 Å². The molecule has 7 nitrogen and oxygen atoms in total. The van der Waals surface area contributed by atoms with Crippen molar-refractivity contribution in [3.05, 3.63) is 107 Å². The number of hydrogen-bond acceptors (Lipinski definition) is 4. The summed E-state index contributed by atoms with van der Waals surface area (Å²) in [6, 6.07) is 12.7. The Morgan fingerprint density at radius 2 is 2.08 bits per heavy atom. The van der Waals surface area contributed by atoms with Gasteiger partial charge in [0.1, 0.15) is 17.6 Å². The number of H-pyrrole nitrogens is 1. The van der Waals surface area contributed by atoms with E-state index in [0.29, 0.717) is 36.9 Å². The van der Waals surface area contributed by atoms with E-state index in [9.17, 15) is 9.18 Å². The fourth-order valence-electron chi connectivity index (χ4n) is 5.41. The summed E-state index contributed by atoms with van der Waals surface area (Å²) in [7, 11) is 0. The number of amides is 1. The third kappa shape index (κ3) is 5.22. The molecule has 0 saturated carbocycles. The Labute approximate surface area is 230 Å². The number of nitrogens with one attached hydrogen (secondary N) is 1. The van der Waals surface area contributed by atoms with Crippen LogP contribution in [0.15, 0.2) is 84.7 Å². The van der Waals surface area contributed by atoms with E-state index in [1.807, 2.05) is 41.2 Å². The summed E-state index contributed by atoms with van der Waals surface area (Å²) < 4.78 is 27.1. The zero-order valence-electron chi connectivity index (χ0n) is 21.4. The number of carbonyl (C=O) groups is 1. The number of rotatable bonds is 6. The molecule has 3 atom stereocenters. The lowest BCUT2D eigenvalue weighted by Crippen LogP contribution is -2.42. The second kappa shape index (κ2) is 10.7. The van der Waals surface area contributed by atoms with Crippen LogP contribution in [0.2, 0.25) is 5.02 Å². The molecule has 0 saturated heterocycles. The number of benzene rings is 2. The van der Waals surface area contributed by atoms with Crippen molar-refractivity contribution in [1.82, 2.24) is 19.7 Å². The molecule has 0 fully saturated rings. The normalized spacial score (nSPS) is 20.6. The largest absolute Gasteiger partial charge is 0.416 e. The maximum absolute atomic E-state index is 13.5. The Hall–Kier alpha value is -3.88. The molecule has 0 radical (unpaired) electrons. The van der Waals surface area contributed by atoms with Gasteiger partial charge in [-0.2, -0.15) is 5.10 Å². The van der Waals surface area contributed by atoms with Crippen molar-refractivity contribution in [3.8, 4) is 5.75 Å². The molecule has 6 rings (SSSR count). The van der Waals surface area contributed by atoms with Crippen LogP contribution in [0.1, 0.15) is 24.2 Å². The first kappa shape index (κ1) is 25.4. The highest BCUT2D eigenvalue weighted by molar-refractivity contribution is 6.31. The summed E-state index contributed by atoms with van der Waals surface area (Å²) in [5.74, 6) is -0.0109. The number of aromatic nitrogens is 3. The molecule has 0 spiro atoms. The van der Waals surface area contributed by atoms with E-state index in [-0.39, 0.29) is 17.8 Å². The maximum atomic E-state index is 13.5. The van der Waals surface area contributed by atoms with Crippen LogP contribution in [-0.4, -0.2) is 45.0 Å². The summed E-state index contributed by atoms with van der Waals surface area (Å²) in [6.07, 6.45) is 9.99. The van der Waals surface area contributed by atoms with Crippen molar-refractivity contribution in [3.63, 3.8) is 0 Å². The van der Waals surface area contributed by atoms with Crippen molar-refractivity contribution in [1.29, 1.82) is 0 Å². The molecule has 2 aromatic carbocycles. The van der Waals surface area contributed by atoms with Crippen LogP contribution >= 0.6 is 11.6 Å². The average Bonchev–Trinajstić information content (AvgIpc) is 3.58. The number of nitrogens with zero attached hydrogens (tertiary/aromatic N) is 3. The SMILES string of the molecule is CC1C=C(C2c3[nH]c4ccc(Cl)cc4c3CCN2C(=O)Oc2ccc(F)cc2)C=CC1OCCn1cccn1. The number of halogens is 2. The summed E-state index contributed by atoms with van der Waals surface area (Å²) >= 11 is 6.33. The minimum absolute atomic E-state index is 0.0850. The minimum atomic E-state index is -0.492. The lowest BCUT2D eigenvalue weighted by Gasteiger charge is -2.37. The Balaban J connectivity index is 1.29. The molecule has 0 bridgehead atoms. The molecule has 3 heterocycles. The first-order valence-corrected chi connectivity index (χ1v) is 13.4. The standard InChI is InChI=1S/C30H28ClFN4O3/c1-19-17-20(3-10-27(19)38-16-15-35-13-2-12-33-35)29-28-24(25-18-21(31)4-9-26(25)34-28)11-14-36(29)30(37)39-23-7-5-22(32)6-8-23/h2-10,12-13,17-19,27,29,34H,11,14-16H2,1H3. The van der Waals surface area contributed by atoms with Crippen LogP contribution in [0.5, 0.6) is 5.75 Å². The maximum Gasteiger partial charge on any atom is 0.416 e. The topological polar surface area (TPSA) is 72.4 Å². The van der Waals surface area contributed by atoms with Gasteiger partial charge in [-0.3, -0.25) is 9.58 Å². The van der Waals surface area contributed by atoms with Crippen LogP contribution < -0.4 is 4.74 Å². The van der Waals surface area contributed by atoms with E-state index in [0.717, 1.165) is 27.7 Å². The minimum Gasteiger partial charge on any atom is -0.410 e. The van der Waals surface area contributed by atoms with E-state index < -0.39 is 12.1 Å². The zero-order chi connectivity index (χ0) is 26.9. The Kier molecular flexibility index (Phi) is 6.97. The predicted octanol–water partition coefficient (Wildman–Crippen LogP) is 6.47. The van der Waals surface area contributed by atoms with Gasteiger partial charge in [0.15, 0.2) is 0 Å². The average molecular weight is 547 g/mol. The first-order chi connectivity index (χ1) is 19.0. The summed E-state index contributed by atoms with van der Waals surface area (Å²) in [6.45, 7) is 3.78. The molecule has 1 aliphatic heterocycles. The third-order valence-electron chi connectivity index (χ3n) is 7.30. The van der Waals surface area contributed by atoms with Gasteiger partial charge < -0.3 is 14.5 Å². The van der Waals surface area contributed by atoms with Gasteiger partial charge in [0.25, 0.3) is 0 Å². The molecule has 3 unspecified atom stereocenters. The second-order valence-corrected chi connectivity index (χ2v) is 10.3. The molecular formula is C30H28ClFN4O3. The van der Waals surface area contributed by atoms with Gasteiger partial charge in [-0.25, -0.2) is 9.18 Å². The van der Waals surface area contributed by atoms with Crippen molar-refractivity contribution in [2.24, 2.45) is 5.92 Å². The van der Waals surface area contributed by atoms with Crippen LogP contribution in [0.25, 0.3) is 10.9 Å². The Bertz CT molecular complexity index is 1540. The monoisotopic (exact) mass is 546 g/mol. The molecule has 2 aliphatic rings. The highest BCUT2D eigenvalue weighted by Gasteiger charge is 2.37. The van der Waals surface area contributed by atoms with Gasteiger partial charge >= 0.3 is 6.09 Å². The number of ether oxygens (including phenoxy) is 2. The van der Waals surface area contributed by atoms with E-state index in [2.05, 4.69) is 29.2 Å². The second-order valence-electron chi connectivity index (χ2n) is 9.86. The number of hydrogen-bond donors (Lipinski definition) is 1. The van der Waals surface area contributed by atoms with Gasteiger partial charge in [0.05, 0.1) is 19.3 Å². The smallest absolute Gasteiger partial charge is 0.410 e. The summed E-state index contributed by atoms with van der Waals surface area (Å²) in [5.41, 5.74) is 4.03. The van der Waals surface area contributed by atoms with E-state index in [1.165, 1.54) is 24.3 Å². The van der Waals surface area contributed by atoms with Crippen LogP contribution in [-0.2, 0) is 17.7 Å². The summed E-state index contributed by atoms with van der Waals surface area (Å²) in [4.78, 5) is 18.8. The van der Waals surface area contributed by atoms with E-state index >= 15 is 0 Å².